The topological polar surface area (TPSA) is 43.4 Å². The van der Waals surface area contributed by atoms with Gasteiger partial charge in [-0.15, -0.1) is 0 Å². The Bertz CT molecular complexity index is 256. The number of hydrogen-bond donors (Lipinski definition) is 0. The van der Waals surface area contributed by atoms with Crippen molar-refractivity contribution in [1.29, 1.82) is 0 Å². The van der Waals surface area contributed by atoms with Crippen LogP contribution >= 0.6 is 0 Å². The van der Waals surface area contributed by atoms with Crippen molar-refractivity contribution < 1.29 is 14.3 Å². The molecular weight excluding hydrogens is 228 g/mol. The van der Waals surface area contributed by atoms with Gasteiger partial charge in [0, 0.05) is 12.8 Å². The van der Waals surface area contributed by atoms with Crippen molar-refractivity contribution >= 4 is 11.8 Å². The molecule has 0 aliphatic carbocycles. The Morgan fingerprint density at radius 3 is 2.33 bits per heavy atom. The molecule has 104 valence electrons. The molecule has 0 unspecified atom stereocenters. The number of carbonyl (C=O) groups excluding carboxylic acids is 2. The van der Waals surface area contributed by atoms with E-state index >= 15 is 0 Å². The average Bonchev–Trinajstić information content (AvgIpc) is 2.35. The van der Waals surface area contributed by atoms with E-state index in [9.17, 15) is 9.59 Å². The smallest absolute Gasteiger partial charge is 0.306 e. The van der Waals surface area contributed by atoms with E-state index in [1.807, 2.05) is 0 Å². The molecule has 0 amide bonds. The first kappa shape index (κ1) is 16.9. The second kappa shape index (κ2) is 12.3. The summed E-state index contributed by atoms with van der Waals surface area (Å²) in [6.45, 7) is 4.34. The predicted molar refractivity (Wildman–Crippen MR) is 73.4 cm³/mol. The predicted octanol–water partition coefficient (Wildman–Crippen LogP) is 3.82. The maximum absolute atomic E-state index is 11.4. The summed E-state index contributed by atoms with van der Waals surface area (Å²) >= 11 is 0. The SMILES string of the molecule is CCCCC/C=C\CCC(=O)CCC(=O)OCC. The highest BCUT2D eigenvalue weighted by Gasteiger charge is 2.06. The Labute approximate surface area is 111 Å². The second-order valence-corrected chi connectivity index (χ2v) is 4.35. The van der Waals surface area contributed by atoms with E-state index in [1.165, 1.54) is 19.3 Å². The second-order valence-electron chi connectivity index (χ2n) is 4.35. The Morgan fingerprint density at radius 1 is 0.944 bits per heavy atom. The van der Waals surface area contributed by atoms with Crippen LogP contribution in [0.5, 0.6) is 0 Å². The molecule has 18 heavy (non-hydrogen) atoms. The molecular formula is C15H26O3. The van der Waals surface area contributed by atoms with E-state index < -0.39 is 0 Å². The fourth-order valence-electron chi connectivity index (χ4n) is 1.59. The molecule has 3 heteroatoms. The number of Topliss-reactive ketones (excluding diaryl/α,β-unsaturated/α-hetero) is 1. The van der Waals surface area contributed by atoms with Gasteiger partial charge in [-0.2, -0.15) is 0 Å². The molecule has 0 aliphatic heterocycles. The minimum Gasteiger partial charge on any atom is -0.466 e. The van der Waals surface area contributed by atoms with Crippen molar-refractivity contribution in [1.82, 2.24) is 0 Å². The Balaban J connectivity index is 3.44. The van der Waals surface area contributed by atoms with Gasteiger partial charge >= 0.3 is 5.97 Å². The third kappa shape index (κ3) is 11.4. The molecule has 0 aromatic rings. The van der Waals surface area contributed by atoms with Gasteiger partial charge in [-0.25, -0.2) is 0 Å². The van der Waals surface area contributed by atoms with Crippen LogP contribution in [0.25, 0.3) is 0 Å². The lowest BCUT2D eigenvalue weighted by molar-refractivity contribution is -0.144. The van der Waals surface area contributed by atoms with Gasteiger partial charge in [-0.1, -0.05) is 31.9 Å². The van der Waals surface area contributed by atoms with Gasteiger partial charge in [-0.3, -0.25) is 9.59 Å². The molecule has 0 heterocycles. The molecule has 0 aromatic heterocycles. The van der Waals surface area contributed by atoms with E-state index in [1.54, 1.807) is 6.92 Å². The lowest BCUT2D eigenvalue weighted by Crippen LogP contribution is -2.07. The zero-order valence-electron chi connectivity index (χ0n) is 11.7. The summed E-state index contributed by atoms with van der Waals surface area (Å²) in [5, 5.41) is 0. The lowest BCUT2D eigenvalue weighted by atomic mass is 10.1. The van der Waals surface area contributed by atoms with E-state index in [0.717, 1.165) is 12.8 Å². The maximum Gasteiger partial charge on any atom is 0.306 e. The summed E-state index contributed by atoms with van der Waals surface area (Å²) in [4.78, 5) is 22.5. The monoisotopic (exact) mass is 254 g/mol. The molecule has 0 N–H and O–H groups in total. The van der Waals surface area contributed by atoms with Crippen LogP contribution in [-0.2, 0) is 14.3 Å². The third-order valence-corrected chi connectivity index (χ3v) is 2.64. The number of esters is 1. The van der Waals surface area contributed by atoms with Crippen LogP contribution < -0.4 is 0 Å². The van der Waals surface area contributed by atoms with Crippen LogP contribution in [-0.4, -0.2) is 18.4 Å². The van der Waals surface area contributed by atoms with Gasteiger partial charge in [-0.05, 0) is 26.2 Å². The molecule has 0 saturated heterocycles. The normalized spacial score (nSPS) is 10.8. The number of rotatable bonds is 11. The van der Waals surface area contributed by atoms with E-state index in [2.05, 4.69) is 19.1 Å². The van der Waals surface area contributed by atoms with Crippen LogP contribution in [0.2, 0.25) is 0 Å². The first-order chi connectivity index (χ1) is 8.70. The van der Waals surface area contributed by atoms with Crippen molar-refractivity contribution in [3.05, 3.63) is 12.2 Å². The highest BCUT2D eigenvalue weighted by Crippen LogP contribution is 2.04. The van der Waals surface area contributed by atoms with Crippen molar-refractivity contribution in [2.24, 2.45) is 0 Å². The Morgan fingerprint density at radius 2 is 1.67 bits per heavy atom. The van der Waals surface area contributed by atoms with Crippen molar-refractivity contribution in [3.63, 3.8) is 0 Å². The van der Waals surface area contributed by atoms with Gasteiger partial charge < -0.3 is 4.74 Å². The summed E-state index contributed by atoms with van der Waals surface area (Å²) in [5.41, 5.74) is 0. The van der Waals surface area contributed by atoms with Crippen LogP contribution in [0.3, 0.4) is 0 Å². The highest BCUT2D eigenvalue weighted by atomic mass is 16.5. The van der Waals surface area contributed by atoms with Gasteiger partial charge in [0.25, 0.3) is 0 Å². The Hall–Kier alpha value is -1.12. The zero-order valence-corrected chi connectivity index (χ0v) is 11.7. The van der Waals surface area contributed by atoms with Crippen LogP contribution in [0.4, 0.5) is 0 Å². The van der Waals surface area contributed by atoms with E-state index in [0.29, 0.717) is 19.4 Å². The quantitative estimate of drug-likeness (QED) is 0.320. The first-order valence-corrected chi connectivity index (χ1v) is 7.03. The summed E-state index contributed by atoms with van der Waals surface area (Å²) in [5.74, 6) is -0.137. The van der Waals surface area contributed by atoms with Crippen molar-refractivity contribution in [2.75, 3.05) is 6.61 Å². The number of ketones is 1. The molecule has 0 bridgehead atoms. The maximum atomic E-state index is 11.4. The fraction of sp³-hybridized carbons (Fsp3) is 0.733. The standard InChI is InChI=1S/C15H26O3/c1-3-5-6-7-8-9-10-11-14(16)12-13-15(17)18-4-2/h8-9H,3-7,10-13H2,1-2H3/b9-8-. The van der Waals surface area contributed by atoms with E-state index in [-0.39, 0.29) is 18.2 Å². The molecule has 0 aromatic carbocycles. The number of hydrogen-bond acceptors (Lipinski definition) is 3. The minimum absolute atomic E-state index is 0.140. The molecule has 3 nitrogen and oxygen atoms in total. The van der Waals surface area contributed by atoms with Gasteiger partial charge in [0.1, 0.15) is 5.78 Å². The number of unbranched alkanes of at least 4 members (excludes halogenated alkanes) is 3. The largest absolute Gasteiger partial charge is 0.466 e. The number of carbonyl (C=O) groups is 2. The van der Waals surface area contributed by atoms with Crippen molar-refractivity contribution in [2.45, 2.75) is 65.2 Å². The summed E-state index contributed by atoms with van der Waals surface area (Å²) in [7, 11) is 0. The van der Waals surface area contributed by atoms with Gasteiger partial charge in [0.2, 0.25) is 0 Å². The lowest BCUT2D eigenvalue weighted by Gasteiger charge is -2.00. The molecule has 0 spiro atoms. The highest BCUT2D eigenvalue weighted by molar-refractivity contribution is 5.82. The summed E-state index contributed by atoms with van der Waals surface area (Å²) in [6, 6.07) is 0. The van der Waals surface area contributed by atoms with Crippen molar-refractivity contribution in [3.8, 4) is 0 Å². The average molecular weight is 254 g/mol. The van der Waals surface area contributed by atoms with Gasteiger partial charge in [0.15, 0.2) is 0 Å². The van der Waals surface area contributed by atoms with Crippen LogP contribution in [0.15, 0.2) is 12.2 Å². The number of allylic oxidation sites excluding steroid dienone is 2. The zero-order chi connectivity index (χ0) is 13.6. The minimum atomic E-state index is -0.277. The Kier molecular flexibility index (Phi) is 11.6. The van der Waals surface area contributed by atoms with Crippen LogP contribution in [0, 0.1) is 0 Å². The first-order valence-electron chi connectivity index (χ1n) is 7.03. The molecule has 0 atom stereocenters. The van der Waals surface area contributed by atoms with E-state index in [4.69, 9.17) is 4.74 Å². The van der Waals surface area contributed by atoms with Crippen LogP contribution in [0.1, 0.15) is 65.2 Å². The number of ether oxygens (including phenoxy) is 1. The molecule has 0 rings (SSSR count). The molecule has 0 aliphatic rings. The summed E-state index contributed by atoms with van der Waals surface area (Å²) < 4.78 is 4.77. The molecule has 0 saturated carbocycles. The summed E-state index contributed by atoms with van der Waals surface area (Å²) in [6.07, 6.45) is 10.9. The molecule has 0 radical (unpaired) electrons. The van der Waals surface area contributed by atoms with Gasteiger partial charge in [0.05, 0.1) is 13.0 Å². The molecule has 0 fully saturated rings. The fourth-order valence-corrected chi connectivity index (χ4v) is 1.59. The third-order valence-electron chi connectivity index (χ3n) is 2.64.